The van der Waals surface area contributed by atoms with Crippen LogP contribution in [0.15, 0.2) is 42.5 Å². The first-order valence-electron chi connectivity index (χ1n) is 5.46. The van der Waals surface area contributed by atoms with Gasteiger partial charge in [0.15, 0.2) is 0 Å². The number of para-hydroxylation sites is 1. The van der Waals surface area contributed by atoms with Gasteiger partial charge < -0.3 is 15.2 Å². The Morgan fingerprint density at radius 1 is 1.11 bits per heavy atom. The van der Waals surface area contributed by atoms with Gasteiger partial charge >= 0.3 is 5.69 Å². The van der Waals surface area contributed by atoms with Crippen LogP contribution in [0.25, 0.3) is 0 Å². The predicted molar refractivity (Wildman–Crippen MR) is 70.6 cm³/mol. The number of ether oxygens (including phenoxy) is 2. The minimum absolute atomic E-state index is 0.0658. The molecule has 0 saturated heterocycles. The topological polar surface area (TPSA) is 87.6 Å². The fraction of sp³-hybridized carbons (Fsp3) is 0.0769. The molecule has 2 aromatic rings. The minimum Gasteiger partial charge on any atom is -0.497 e. The van der Waals surface area contributed by atoms with Gasteiger partial charge in [-0.3, -0.25) is 10.1 Å². The van der Waals surface area contributed by atoms with Crippen molar-refractivity contribution in [3.8, 4) is 17.2 Å². The first-order valence-corrected chi connectivity index (χ1v) is 5.46. The second-order valence-corrected chi connectivity index (χ2v) is 3.73. The summed E-state index contributed by atoms with van der Waals surface area (Å²) in [4.78, 5) is 10.4. The van der Waals surface area contributed by atoms with Crippen LogP contribution in [0.5, 0.6) is 17.2 Å². The molecule has 0 radical (unpaired) electrons. The van der Waals surface area contributed by atoms with Gasteiger partial charge in [0.25, 0.3) is 0 Å². The molecule has 2 rings (SSSR count). The lowest BCUT2D eigenvalue weighted by molar-refractivity contribution is -0.384. The fourth-order valence-electron chi connectivity index (χ4n) is 1.59. The molecule has 0 fully saturated rings. The molecular formula is C13H12N2O4. The first kappa shape index (κ1) is 12.7. The van der Waals surface area contributed by atoms with E-state index in [4.69, 9.17) is 15.2 Å². The lowest BCUT2D eigenvalue weighted by Crippen LogP contribution is -1.98. The van der Waals surface area contributed by atoms with Crippen LogP contribution >= 0.6 is 0 Å². The third-order valence-corrected chi connectivity index (χ3v) is 2.50. The number of anilines is 1. The van der Waals surface area contributed by atoms with E-state index in [1.54, 1.807) is 37.4 Å². The van der Waals surface area contributed by atoms with Crippen molar-refractivity contribution >= 4 is 11.4 Å². The molecule has 0 spiro atoms. The number of rotatable bonds is 4. The average molecular weight is 260 g/mol. The summed E-state index contributed by atoms with van der Waals surface area (Å²) in [6.45, 7) is 0. The van der Waals surface area contributed by atoms with Gasteiger partial charge in [-0.05, 0) is 36.4 Å². The molecule has 98 valence electrons. The summed E-state index contributed by atoms with van der Waals surface area (Å²) in [5.74, 6) is 1.25. The standard InChI is InChI=1S/C13H12N2O4/c1-18-9-5-7-10(8-6-9)19-12-4-2-3-11(14)13(12)15(16)17/h2-8H,14H2,1H3. The lowest BCUT2D eigenvalue weighted by Gasteiger charge is -2.08. The Balaban J connectivity index is 2.32. The lowest BCUT2D eigenvalue weighted by atomic mass is 10.2. The molecule has 0 saturated carbocycles. The van der Waals surface area contributed by atoms with Gasteiger partial charge in [-0.15, -0.1) is 0 Å². The molecular weight excluding hydrogens is 248 g/mol. The quantitative estimate of drug-likeness (QED) is 0.518. The van der Waals surface area contributed by atoms with E-state index in [9.17, 15) is 10.1 Å². The van der Waals surface area contributed by atoms with Crippen LogP contribution in [0.3, 0.4) is 0 Å². The molecule has 0 heterocycles. The largest absolute Gasteiger partial charge is 0.497 e. The highest BCUT2D eigenvalue weighted by Gasteiger charge is 2.19. The Morgan fingerprint density at radius 3 is 2.32 bits per heavy atom. The van der Waals surface area contributed by atoms with Crippen LogP contribution in [0.1, 0.15) is 0 Å². The van der Waals surface area contributed by atoms with Crippen molar-refractivity contribution in [1.29, 1.82) is 0 Å². The number of nitrogens with zero attached hydrogens (tertiary/aromatic N) is 1. The average Bonchev–Trinajstić information content (AvgIpc) is 2.39. The van der Waals surface area contributed by atoms with Gasteiger partial charge in [-0.2, -0.15) is 0 Å². The molecule has 6 nitrogen and oxygen atoms in total. The maximum Gasteiger partial charge on any atom is 0.334 e. The van der Waals surface area contributed by atoms with Crippen LogP contribution in [0.2, 0.25) is 0 Å². The number of hydrogen-bond acceptors (Lipinski definition) is 5. The van der Waals surface area contributed by atoms with Gasteiger partial charge in [-0.25, -0.2) is 0 Å². The summed E-state index contributed by atoms with van der Waals surface area (Å²) in [6, 6.07) is 11.3. The highest BCUT2D eigenvalue weighted by molar-refractivity contribution is 5.66. The molecule has 2 N–H and O–H groups in total. The van der Waals surface area contributed by atoms with Crippen molar-refractivity contribution in [2.24, 2.45) is 0 Å². The smallest absolute Gasteiger partial charge is 0.334 e. The van der Waals surface area contributed by atoms with Crippen LogP contribution in [-0.4, -0.2) is 12.0 Å². The summed E-state index contributed by atoms with van der Waals surface area (Å²) < 4.78 is 10.5. The van der Waals surface area contributed by atoms with E-state index in [2.05, 4.69) is 0 Å². The maximum absolute atomic E-state index is 11.0. The van der Waals surface area contributed by atoms with Crippen molar-refractivity contribution < 1.29 is 14.4 Å². The van der Waals surface area contributed by atoms with E-state index in [0.29, 0.717) is 11.5 Å². The normalized spacial score (nSPS) is 9.95. The predicted octanol–water partition coefficient (Wildman–Crippen LogP) is 2.98. The Labute approximate surface area is 109 Å². The molecule has 6 heteroatoms. The second-order valence-electron chi connectivity index (χ2n) is 3.73. The molecule has 0 aliphatic carbocycles. The summed E-state index contributed by atoms with van der Waals surface area (Å²) in [6.07, 6.45) is 0. The molecule has 0 bridgehead atoms. The van der Waals surface area contributed by atoms with Crippen LogP contribution in [0, 0.1) is 10.1 Å². The van der Waals surface area contributed by atoms with Crippen molar-refractivity contribution in [2.45, 2.75) is 0 Å². The number of methoxy groups -OCH3 is 1. The van der Waals surface area contributed by atoms with Gasteiger partial charge in [-0.1, -0.05) is 6.07 Å². The number of nitrogen functional groups attached to an aromatic ring is 1. The molecule has 0 aliphatic heterocycles. The zero-order valence-electron chi connectivity index (χ0n) is 10.2. The number of hydrogen-bond donors (Lipinski definition) is 1. The molecule has 0 amide bonds. The zero-order chi connectivity index (χ0) is 13.8. The zero-order valence-corrected chi connectivity index (χ0v) is 10.2. The van der Waals surface area contributed by atoms with E-state index in [1.807, 2.05) is 0 Å². The first-order chi connectivity index (χ1) is 9.11. The van der Waals surface area contributed by atoms with Gasteiger partial charge in [0.05, 0.1) is 12.0 Å². The molecule has 19 heavy (non-hydrogen) atoms. The Kier molecular flexibility index (Phi) is 3.51. The molecule has 0 aliphatic rings. The molecule has 0 aromatic heterocycles. The van der Waals surface area contributed by atoms with E-state index >= 15 is 0 Å². The van der Waals surface area contributed by atoms with Gasteiger partial charge in [0, 0.05) is 0 Å². The number of nitro groups is 1. The fourth-order valence-corrected chi connectivity index (χ4v) is 1.59. The number of nitro benzene ring substituents is 1. The van der Waals surface area contributed by atoms with Crippen molar-refractivity contribution in [1.82, 2.24) is 0 Å². The van der Waals surface area contributed by atoms with Crippen molar-refractivity contribution in [3.05, 3.63) is 52.6 Å². The van der Waals surface area contributed by atoms with Gasteiger partial charge in [0.2, 0.25) is 5.75 Å². The molecule has 2 aromatic carbocycles. The number of nitrogens with two attached hydrogens (primary N) is 1. The monoisotopic (exact) mass is 260 g/mol. The van der Waals surface area contributed by atoms with E-state index in [-0.39, 0.29) is 17.1 Å². The van der Waals surface area contributed by atoms with Crippen LogP contribution < -0.4 is 15.2 Å². The highest BCUT2D eigenvalue weighted by Crippen LogP contribution is 2.35. The van der Waals surface area contributed by atoms with E-state index in [0.717, 1.165) is 0 Å². The maximum atomic E-state index is 11.0. The van der Waals surface area contributed by atoms with Crippen LogP contribution in [-0.2, 0) is 0 Å². The SMILES string of the molecule is COc1ccc(Oc2cccc(N)c2[N+](=O)[O-])cc1. The second kappa shape index (κ2) is 5.26. The van der Waals surface area contributed by atoms with Crippen molar-refractivity contribution in [2.75, 3.05) is 12.8 Å². The number of benzene rings is 2. The third-order valence-electron chi connectivity index (χ3n) is 2.50. The Morgan fingerprint density at radius 2 is 1.74 bits per heavy atom. The molecule has 0 unspecified atom stereocenters. The summed E-state index contributed by atoms with van der Waals surface area (Å²) in [7, 11) is 1.55. The summed E-state index contributed by atoms with van der Waals surface area (Å²) in [5.41, 5.74) is 5.41. The Hall–Kier alpha value is -2.76. The van der Waals surface area contributed by atoms with Gasteiger partial charge in [0.1, 0.15) is 17.2 Å². The Bertz CT molecular complexity index is 596. The van der Waals surface area contributed by atoms with E-state index < -0.39 is 4.92 Å². The molecule has 0 atom stereocenters. The highest BCUT2D eigenvalue weighted by atomic mass is 16.6. The van der Waals surface area contributed by atoms with Crippen LogP contribution in [0.4, 0.5) is 11.4 Å². The third kappa shape index (κ3) is 2.74. The van der Waals surface area contributed by atoms with Crippen molar-refractivity contribution in [3.63, 3.8) is 0 Å². The summed E-state index contributed by atoms with van der Waals surface area (Å²) in [5, 5.41) is 11.0. The summed E-state index contributed by atoms with van der Waals surface area (Å²) >= 11 is 0. The van der Waals surface area contributed by atoms with E-state index in [1.165, 1.54) is 12.1 Å². The minimum atomic E-state index is -0.561.